The van der Waals surface area contributed by atoms with Gasteiger partial charge in [-0.2, -0.15) is 0 Å². The van der Waals surface area contributed by atoms with Gasteiger partial charge in [-0.05, 0) is 18.6 Å². The molecule has 1 aromatic heterocycles. The Hall–Kier alpha value is -1.46. The van der Waals surface area contributed by atoms with Crippen molar-refractivity contribution in [2.24, 2.45) is 0 Å². The number of nitrogens with zero attached hydrogens (tertiary/aromatic N) is 1. The van der Waals surface area contributed by atoms with Gasteiger partial charge < -0.3 is 15.5 Å². The van der Waals surface area contributed by atoms with Gasteiger partial charge in [-0.3, -0.25) is 9.78 Å². The number of aliphatic carboxylic acids is 1. The summed E-state index contributed by atoms with van der Waals surface area (Å²) in [5.74, 6) is -0.997. The van der Waals surface area contributed by atoms with Crippen molar-refractivity contribution in [3.8, 4) is 0 Å². The van der Waals surface area contributed by atoms with Crippen molar-refractivity contribution in [2.75, 3.05) is 6.54 Å². The van der Waals surface area contributed by atoms with E-state index in [1.165, 1.54) is 0 Å². The summed E-state index contributed by atoms with van der Waals surface area (Å²) in [7, 11) is 0. The Morgan fingerprint density at radius 1 is 1.62 bits per heavy atom. The molecule has 0 radical (unpaired) electrons. The molecule has 0 aliphatic carbocycles. The van der Waals surface area contributed by atoms with Crippen LogP contribution in [0, 0.1) is 0 Å². The number of carboxylic acids is 1. The minimum Gasteiger partial charge on any atom is -0.481 e. The van der Waals surface area contributed by atoms with Gasteiger partial charge in [-0.15, -0.1) is 0 Å². The van der Waals surface area contributed by atoms with E-state index in [9.17, 15) is 9.90 Å². The zero-order chi connectivity index (χ0) is 12.0. The van der Waals surface area contributed by atoms with Crippen LogP contribution in [0.4, 0.5) is 0 Å². The number of hydrogen-bond acceptors (Lipinski definition) is 4. The molecule has 2 atom stereocenters. The summed E-state index contributed by atoms with van der Waals surface area (Å²) in [6.07, 6.45) is 2.32. The molecule has 0 aromatic carbocycles. The van der Waals surface area contributed by atoms with Gasteiger partial charge in [-0.25, -0.2) is 0 Å². The van der Waals surface area contributed by atoms with E-state index in [2.05, 4.69) is 10.3 Å². The molecule has 5 nitrogen and oxygen atoms in total. The molecule has 0 bridgehead atoms. The molecule has 0 saturated carbocycles. The molecule has 0 aliphatic rings. The fourth-order valence-corrected chi connectivity index (χ4v) is 1.34. The Morgan fingerprint density at radius 2 is 2.38 bits per heavy atom. The minimum atomic E-state index is -0.997. The topological polar surface area (TPSA) is 82.5 Å². The first-order valence-corrected chi connectivity index (χ1v) is 5.12. The number of nitrogens with one attached hydrogen (secondary N) is 1. The van der Waals surface area contributed by atoms with Crippen LogP contribution >= 0.6 is 0 Å². The summed E-state index contributed by atoms with van der Waals surface area (Å²) in [4.78, 5) is 14.3. The molecule has 16 heavy (non-hydrogen) atoms. The fraction of sp³-hybridized carbons (Fsp3) is 0.455. The van der Waals surface area contributed by atoms with Crippen molar-refractivity contribution in [1.29, 1.82) is 0 Å². The lowest BCUT2D eigenvalue weighted by atomic mass is 10.1. The van der Waals surface area contributed by atoms with E-state index in [0.29, 0.717) is 0 Å². The van der Waals surface area contributed by atoms with Gasteiger partial charge in [0.15, 0.2) is 0 Å². The predicted octanol–water partition coefficient (Wildman–Crippen LogP) is 0.568. The smallest absolute Gasteiger partial charge is 0.306 e. The number of carbonyl (C=O) groups is 1. The maximum atomic E-state index is 10.3. The molecule has 0 spiro atoms. The Bertz CT molecular complexity index is 329. The van der Waals surface area contributed by atoms with Crippen molar-refractivity contribution in [2.45, 2.75) is 25.5 Å². The maximum Gasteiger partial charge on any atom is 0.306 e. The number of rotatable bonds is 6. The fourth-order valence-electron chi connectivity index (χ4n) is 1.34. The predicted molar refractivity (Wildman–Crippen MR) is 58.9 cm³/mol. The van der Waals surface area contributed by atoms with E-state index in [1.54, 1.807) is 12.4 Å². The Balaban J connectivity index is 2.35. The van der Waals surface area contributed by atoms with Crippen molar-refractivity contribution in [1.82, 2.24) is 10.3 Å². The zero-order valence-electron chi connectivity index (χ0n) is 9.13. The van der Waals surface area contributed by atoms with Gasteiger partial charge in [-0.1, -0.05) is 6.07 Å². The largest absolute Gasteiger partial charge is 0.481 e. The van der Waals surface area contributed by atoms with Crippen LogP contribution in [0.5, 0.6) is 0 Å². The lowest BCUT2D eigenvalue weighted by molar-refractivity contribution is -0.139. The number of carboxylic acid groups (broad SMARTS) is 1. The van der Waals surface area contributed by atoms with Gasteiger partial charge >= 0.3 is 5.97 Å². The van der Waals surface area contributed by atoms with Crippen molar-refractivity contribution < 1.29 is 15.0 Å². The van der Waals surface area contributed by atoms with Crippen LogP contribution in [0.3, 0.4) is 0 Å². The van der Waals surface area contributed by atoms with Gasteiger partial charge in [0.05, 0.1) is 12.5 Å². The molecule has 1 rings (SSSR count). The van der Waals surface area contributed by atoms with Crippen molar-refractivity contribution in [3.05, 3.63) is 30.1 Å². The van der Waals surface area contributed by atoms with E-state index in [-0.39, 0.29) is 19.0 Å². The van der Waals surface area contributed by atoms with Gasteiger partial charge in [0.25, 0.3) is 0 Å². The van der Waals surface area contributed by atoms with E-state index in [0.717, 1.165) is 5.56 Å². The van der Waals surface area contributed by atoms with Crippen LogP contribution in [-0.2, 0) is 4.79 Å². The second-order valence-electron chi connectivity index (χ2n) is 3.67. The summed E-state index contributed by atoms with van der Waals surface area (Å²) < 4.78 is 0. The molecule has 0 amide bonds. The normalized spacial score (nSPS) is 14.4. The zero-order valence-corrected chi connectivity index (χ0v) is 9.13. The number of aromatic nitrogens is 1. The van der Waals surface area contributed by atoms with Crippen LogP contribution in [0.15, 0.2) is 24.5 Å². The number of aliphatic hydroxyl groups excluding tert-OH is 1. The molecule has 1 aromatic rings. The van der Waals surface area contributed by atoms with Crippen LogP contribution in [0.2, 0.25) is 0 Å². The number of pyridine rings is 1. The highest BCUT2D eigenvalue weighted by atomic mass is 16.4. The summed E-state index contributed by atoms with van der Waals surface area (Å²) in [5.41, 5.74) is 1.00. The average Bonchev–Trinajstić information content (AvgIpc) is 2.26. The molecule has 1 unspecified atom stereocenters. The van der Waals surface area contributed by atoms with E-state index in [4.69, 9.17) is 5.11 Å². The molecule has 0 aliphatic heterocycles. The minimum absolute atomic E-state index is 0.0390. The first-order chi connectivity index (χ1) is 7.59. The Kier molecular flexibility index (Phi) is 4.88. The third kappa shape index (κ3) is 4.37. The molecular formula is C11H16N2O3. The maximum absolute atomic E-state index is 10.3. The molecular weight excluding hydrogens is 208 g/mol. The summed E-state index contributed by atoms with van der Waals surface area (Å²) >= 11 is 0. The summed E-state index contributed by atoms with van der Waals surface area (Å²) in [6, 6.07) is 3.80. The van der Waals surface area contributed by atoms with E-state index < -0.39 is 12.1 Å². The Labute approximate surface area is 94.1 Å². The van der Waals surface area contributed by atoms with Gasteiger partial charge in [0, 0.05) is 25.0 Å². The molecule has 1 heterocycles. The third-order valence-corrected chi connectivity index (χ3v) is 2.25. The quantitative estimate of drug-likeness (QED) is 0.658. The van der Waals surface area contributed by atoms with Crippen LogP contribution in [-0.4, -0.2) is 33.8 Å². The molecule has 0 saturated heterocycles. The highest BCUT2D eigenvalue weighted by Gasteiger charge is 2.11. The van der Waals surface area contributed by atoms with Gasteiger partial charge in [0.2, 0.25) is 0 Å². The monoisotopic (exact) mass is 224 g/mol. The number of hydrogen-bond donors (Lipinski definition) is 3. The number of aliphatic hydroxyl groups is 1. The van der Waals surface area contributed by atoms with Gasteiger partial charge in [0.1, 0.15) is 0 Å². The third-order valence-electron chi connectivity index (χ3n) is 2.25. The SMILES string of the molecule is C[C@H](NCC(O)CC(=O)O)c1cccnc1. The summed E-state index contributed by atoms with van der Waals surface area (Å²) in [6.45, 7) is 2.19. The standard InChI is InChI=1S/C11H16N2O3/c1-8(9-3-2-4-12-6-9)13-7-10(14)5-11(15)16/h2-4,6,8,10,13-14H,5,7H2,1H3,(H,15,16)/t8-,10?/m0/s1. The first kappa shape index (κ1) is 12.6. The highest BCUT2D eigenvalue weighted by molar-refractivity contribution is 5.67. The van der Waals surface area contributed by atoms with Crippen LogP contribution in [0.1, 0.15) is 24.9 Å². The van der Waals surface area contributed by atoms with E-state index >= 15 is 0 Å². The summed E-state index contributed by atoms with van der Waals surface area (Å²) in [5, 5.41) is 20.9. The lowest BCUT2D eigenvalue weighted by Gasteiger charge is -2.16. The Morgan fingerprint density at radius 3 is 2.94 bits per heavy atom. The molecule has 88 valence electrons. The van der Waals surface area contributed by atoms with E-state index in [1.807, 2.05) is 19.1 Å². The van der Waals surface area contributed by atoms with Crippen molar-refractivity contribution >= 4 is 5.97 Å². The van der Waals surface area contributed by atoms with Crippen LogP contribution in [0.25, 0.3) is 0 Å². The second kappa shape index (κ2) is 6.19. The highest BCUT2D eigenvalue weighted by Crippen LogP contribution is 2.09. The van der Waals surface area contributed by atoms with Crippen LogP contribution < -0.4 is 5.32 Å². The second-order valence-corrected chi connectivity index (χ2v) is 3.67. The molecule has 0 fully saturated rings. The molecule has 3 N–H and O–H groups in total. The first-order valence-electron chi connectivity index (χ1n) is 5.12. The molecule has 5 heteroatoms. The average molecular weight is 224 g/mol. The van der Waals surface area contributed by atoms with Crippen molar-refractivity contribution in [3.63, 3.8) is 0 Å². The lowest BCUT2D eigenvalue weighted by Crippen LogP contribution is -2.30.